The summed E-state index contributed by atoms with van der Waals surface area (Å²) in [6.07, 6.45) is 5.71. The molecule has 0 aliphatic heterocycles. The summed E-state index contributed by atoms with van der Waals surface area (Å²) >= 11 is 5.67. The van der Waals surface area contributed by atoms with Crippen molar-refractivity contribution in [2.45, 2.75) is 32.2 Å². The Kier molecular flexibility index (Phi) is 2.87. The molecule has 0 spiro atoms. The van der Waals surface area contributed by atoms with Gasteiger partial charge >= 0.3 is 0 Å². The van der Waals surface area contributed by atoms with E-state index in [2.05, 4.69) is 4.98 Å². The van der Waals surface area contributed by atoms with Crippen LogP contribution in [0.2, 0.25) is 0 Å². The summed E-state index contributed by atoms with van der Waals surface area (Å²) in [5.74, 6) is 0.482. The molecule has 14 heavy (non-hydrogen) atoms. The number of nitrogens with zero attached hydrogens (tertiary/aromatic N) is 2. The second-order valence-electron chi connectivity index (χ2n) is 3.54. The van der Waals surface area contributed by atoms with Gasteiger partial charge in [-0.1, -0.05) is 0 Å². The molecule has 0 atom stereocenters. The van der Waals surface area contributed by atoms with E-state index in [0.717, 1.165) is 30.7 Å². The number of alkyl halides is 1. The van der Waals surface area contributed by atoms with Gasteiger partial charge in [0.2, 0.25) is 0 Å². The first kappa shape index (κ1) is 9.71. The van der Waals surface area contributed by atoms with Gasteiger partial charge in [0.15, 0.2) is 0 Å². The maximum atomic E-state index is 11.5. The predicted molar refractivity (Wildman–Crippen MR) is 55.9 cm³/mol. The van der Waals surface area contributed by atoms with Gasteiger partial charge in [-0.25, -0.2) is 0 Å². The zero-order chi connectivity index (χ0) is 9.97. The molecular weight excluding hydrogens is 200 g/mol. The molecular formula is C10H13ClN2O. The van der Waals surface area contributed by atoms with Crippen LogP contribution in [0.15, 0.2) is 11.0 Å². The molecule has 0 fully saturated rings. The number of aryl methyl sites for hydroxylation is 1. The lowest BCUT2D eigenvalue weighted by Gasteiger charge is -2.18. The van der Waals surface area contributed by atoms with Crippen LogP contribution in [0, 0.1) is 0 Å². The first-order valence-electron chi connectivity index (χ1n) is 4.96. The molecule has 0 saturated carbocycles. The maximum Gasteiger partial charge on any atom is 0.269 e. The number of aromatic nitrogens is 2. The fourth-order valence-electron chi connectivity index (χ4n) is 1.97. The van der Waals surface area contributed by atoms with Crippen molar-refractivity contribution in [3.8, 4) is 0 Å². The second-order valence-corrected chi connectivity index (χ2v) is 3.92. The number of fused-ring (bicyclic) bond motifs is 1. The van der Waals surface area contributed by atoms with Gasteiger partial charge in [0.1, 0.15) is 0 Å². The molecule has 0 unspecified atom stereocenters. The summed E-state index contributed by atoms with van der Waals surface area (Å²) in [5.41, 5.74) is 2.16. The number of hydrogen-bond acceptors (Lipinski definition) is 2. The largest absolute Gasteiger partial charge is 0.308 e. The van der Waals surface area contributed by atoms with Crippen molar-refractivity contribution in [1.29, 1.82) is 0 Å². The lowest BCUT2D eigenvalue weighted by Crippen LogP contribution is -2.28. The Labute approximate surface area is 87.7 Å². The molecule has 0 aromatic carbocycles. The summed E-state index contributed by atoms with van der Waals surface area (Å²) in [4.78, 5) is 15.7. The molecule has 1 aliphatic carbocycles. The molecule has 0 N–H and O–H groups in total. The van der Waals surface area contributed by atoms with Crippen molar-refractivity contribution < 1.29 is 0 Å². The fourth-order valence-corrected chi connectivity index (χ4v) is 2.14. The third kappa shape index (κ3) is 1.69. The number of halogens is 1. The SMILES string of the molecule is O=c1cnc2c(n1CCCl)CCCC2. The molecule has 1 aromatic heterocycles. The molecule has 3 nitrogen and oxygen atoms in total. The minimum absolute atomic E-state index is 0.0219. The second kappa shape index (κ2) is 4.13. The standard InChI is InChI=1S/C10H13ClN2O/c11-5-6-13-9-4-2-1-3-8(9)12-7-10(13)14/h7H,1-6H2. The Hall–Kier alpha value is -0.830. The van der Waals surface area contributed by atoms with Crippen molar-refractivity contribution in [2.75, 3.05) is 5.88 Å². The minimum atomic E-state index is -0.0219. The van der Waals surface area contributed by atoms with E-state index >= 15 is 0 Å². The topological polar surface area (TPSA) is 34.9 Å². The van der Waals surface area contributed by atoms with E-state index in [1.54, 1.807) is 4.57 Å². The van der Waals surface area contributed by atoms with Crippen LogP contribution < -0.4 is 5.56 Å². The van der Waals surface area contributed by atoms with Crippen molar-refractivity contribution in [2.24, 2.45) is 0 Å². The van der Waals surface area contributed by atoms with E-state index in [-0.39, 0.29) is 5.56 Å². The van der Waals surface area contributed by atoms with E-state index in [1.165, 1.54) is 12.6 Å². The monoisotopic (exact) mass is 212 g/mol. The van der Waals surface area contributed by atoms with Gasteiger partial charge in [-0.3, -0.25) is 9.78 Å². The van der Waals surface area contributed by atoms with Gasteiger partial charge in [0, 0.05) is 18.1 Å². The van der Waals surface area contributed by atoms with Crippen LogP contribution in [0.4, 0.5) is 0 Å². The highest BCUT2D eigenvalue weighted by Gasteiger charge is 2.14. The number of hydrogen-bond donors (Lipinski definition) is 0. The van der Waals surface area contributed by atoms with Crippen molar-refractivity contribution in [3.05, 3.63) is 27.9 Å². The van der Waals surface area contributed by atoms with Crippen LogP contribution in [-0.4, -0.2) is 15.4 Å². The van der Waals surface area contributed by atoms with E-state index in [9.17, 15) is 4.79 Å². The van der Waals surface area contributed by atoms with Gasteiger partial charge in [0.25, 0.3) is 5.56 Å². The Morgan fingerprint density at radius 2 is 2.21 bits per heavy atom. The first-order chi connectivity index (χ1) is 6.83. The molecule has 1 aliphatic rings. The van der Waals surface area contributed by atoms with Crippen molar-refractivity contribution >= 4 is 11.6 Å². The molecule has 76 valence electrons. The lowest BCUT2D eigenvalue weighted by molar-refractivity contribution is 0.576. The lowest BCUT2D eigenvalue weighted by atomic mass is 10.0. The molecule has 0 amide bonds. The molecule has 0 radical (unpaired) electrons. The van der Waals surface area contributed by atoms with Crippen LogP contribution in [0.25, 0.3) is 0 Å². The van der Waals surface area contributed by atoms with Crippen LogP contribution in [0.1, 0.15) is 24.2 Å². The zero-order valence-electron chi connectivity index (χ0n) is 8.00. The van der Waals surface area contributed by atoms with Crippen molar-refractivity contribution in [1.82, 2.24) is 9.55 Å². The maximum absolute atomic E-state index is 11.5. The number of rotatable bonds is 2. The molecule has 4 heteroatoms. The van der Waals surface area contributed by atoms with Crippen molar-refractivity contribution in [3.63, 3.8) is 0 Å². The van der Waals surface area contributed by atoms with Gasteiger partial charge in [-0.05, 0) is 25.7 Å². The summed E-state index contributed by atoms with van der Waals surface area (Å²) in [6, 6.07) is 0. The first-order valence-corrected chi connectivity index (χ1v) is 5.50. The molecule has 2 rings (SSSR count). The summed E-state index contributed by atoms with van der Waals surface area (Å²) in [7, 11) is 0. The third-order valence-corrected chi connectivity index (χ3v) is 2.81. The summed E-state index contributed by atoms with van der Waals surface area (Å²) in [5, 5.41) is 0. The van der Waals surface area contributed by atoms with E-state index in [1.807, 2.05) is 0 Å². The highest BCUT2D eigenvalue weighted by Crippen LogP contribution is 2.17. The smallest absolute Gasteiger partial charge is 0.269 e. The van der Waals surface area contributed by atoms with Crippen LogP contribution in [0.3, 0.4) is 0 Å². The summed E-state index contributed by atoms with van der Waals surface area (Å²) < 4.78 is 1.77. The Balaban J connectivity index is 2.49. The van der Waals surface area contributed by atoms with Gasteiger partial charge in [-0.15, -0.1) is 11.6 Å². The van der Waals surface area contributed by atoms with Crippen LogP contribution in [0.5, 0.6) is 0 Å². The van der Waals surface area contributed by atoms with E-state index < -0.39 is 0 Å². The minimum Gasteiger partial charge on any atom is -0.308 e. The fraction of sp³-hybridized carbons (Fsp3) is 0.600. The molecule has 1 aromatic rings. The molecule has 1 heterocycles. The Morgan fingerprint density at radius 3 is 3.00 bits per heavy atom. The Bertz CT molecular complexity index is 386. The third-order valence-electron chi connectivity index (χ3n) is 2.64. The van der Waals surface area contributed by atoms with Gasteiger partial charge in [-0.2, -0.15) is 0 Å². The normalized spacial score (nSPS) is 15.2. The average Bonchev–Trinajstić information content (AvgIpc) is 2.23. The molecule has 0 bridgehead atoms. The van der Waals surface area contributed by atoms with Crippen LogP contribution >= 0.6 is 11.6 Å². The van der Waals surface area contributed by atoms with Gasteiger partial charge in [0.05, 0.1) is 11.9 Å². The Morgan fingerprint density at radius 1 is 1.43 bits per heavy atom. The quantitative estimate of drug-likeness (QED) is 0.694. The molecule has 0 saturated heterocycles. The van der Waals surface area contributed by atoms with E-state index in [4.69, 9.17) is 11.6 Å². The predicted octanol–water partition coefficient (Wildman–Crippen LogP) is 1.36. The highest BCUT2D eigenvalue weighted by molar-refractivity contribution is 6.17. The van der Waals surface area contributed by atoms with Crippen LogP contribution in [-0.2, 0) is 19.4 Å². The zero-order valence-corrected chi connectivity index (χ0v) is 8.76. The highest BCUT2D eigenvalue weighted by atomic mass is 35.5. The summed E-state index contributed by atoms with van der Waals surface area (Å²) in [6.45, 7) is 0.602. The van der Waals surface area contributed by atoms with Gasteiger partial charge < -0.3 is 4.57 Å². The average molecular weight is 213 g/mol. The van der Waals surface area contributed by atoms with E-state index in [0.29, 0.717) is 12.4 Å².